The van der Waals surface area contributed by atoms with Crippen molar-refractivity contribution in [2.75, 3.05) is 11.9 Å². The number of amides is 2. The molecule has 8 heteroatoms. The summed E-state index contributed by atoms with van der Waals surface area (Å²) >= 11 is 7.26. The van der Waals surface area contributed by atoms with E-state index in [0.717, 1.165) is 36.8 Å². The van der Waals surface area contributed by atoms with E-state index in [1.807, 2.05) is 47.4 Å². The Hall–Kier alpha value is -2.77. The summed E-state index contributed by atoms with van der Waals surface area (Å²) in [6.45, 7) is 0.424. The Kier molecular flexibility index (Phi) is 8.66. The molecule has 0 spiro atoms. The van der Waals surface area contributed by atoms with E-state index < -0.39 is 0 Å². The molecule has 0 aliphatic heterocycles. The van der Waals surface area contributed by atoms with E-state index in [4.69, 9.17) is 11.6 Å². The summed E-state index contributed by atoms with van der Waals surface area (Å²) in [5.74, 6) is -0.0278. The van der Waals surface area contributed by atoms with Crippen molar-refractivity contribution in [1.29, 1.82) is 0 Å². The molecule has 1 heterocycles. The molecule has 4 rings (SSSR count). The number of aromatic nitrogens is 2. The molecule has 0 atom stereocenters. The monoisotopic (exact) mass is 496 g/mol. The van der Waals surface area contributed by atoms with Crippen molar-refractivity contribution in [1.82, 2.24) is 15.1 Å². The van der Waals surface area contributed by atoms with Crippen molar-refractivity contribution >= 4 is 39.9 Å². The van der Waals surface area contributed by atoms with Crippen LogP contribution >= 0.6 is 22.9 Å². The Morgan fingerprint density at radius 2 is 1.71 bits per heavy atom. The van der Waals surface area contributed by atoms with Gasteiger partial charge in [-0.05, 0) is 37.0 Å². The number of anilines is 1. The van der Waals surface area contributed by atoms with Crippen LogP contribution in [0.1, 0.15) is 50.5 Å². The molecule has 178 valence electrons. The van der Waals surface area contributed by atoms with Crippen molar-refractivity contribution in [2.24, 2.45) is 0 Å². The van der Waals surface area contributed by atoms with Crippen LogP contribution in [0.15, 0.2) is 54.6 Å². The topological polar surface area (TPSA) is 75.2 Å². The van der Waals surface area contributed by atoms with E-state index in [-0.39, 0.29) is 24.3 Å². The Morgan fingerprint density at radius 1 is 0.971 bits per heavy atom. The van der Waals surface area contributed by atoms with Crippen LogP contribution in [-0.2, 0) is 16.0 Å². The van der Waals surface area contributed by atoms with Gasteiger partial charge in [0.15, 0.2) is 0 Å². The highest BCUT2D eigenvalue weighted by atomic mass is 35.5. The SMILES string of the molecule is O=C(CCN(C(=O)CCc1ccccc1)C1CCCCC1)Nc1nnc(-c2ccc(Cl)cc2)s1. The number of hydrogen-bond donors (Lipinski definition) is 1. The zero-order valence-corrected chi connectivity index (χ0v) is 20.7. The Morgan fingerprint density at radius 3 is 2.44 bits per heavy atom. The summed E-state index contributed by atoms with van der Waals surface area (Å²) in [5.41, 5.74) is 2.06. The third-order valence-corrected chi connectivity index (χ3v) is 7.29. The molecule has 0 saturated heterocycles. The average molecular weight is 497 g/mol. The number of benzene rings is 2. The predicted molar refractivity (Wildman–Crippen MR) is 137 cm³/mol. The van der Waals surface area contributed by atoms with Crippen LogP contribution in [0.4, 0.5) is 5.13 Å². The summed E-state index contributed by atoms with van der Waals surface area (Å²) in [7, 11) is 0. The minimum atomic E-state index is -0.157. The van der Waals surface area contributed by atoms with Crippen LogP contribution in [0.3, 0.4) is 0 Å². The van der Waals surface area contributed by atoms with E-state index in [2.05, 4.69) is 15.5 Å². The number of carbonyl (C=O) groups is 2. The van der Waals surface area contributed by atoms with Gasteiger partial charge in [0.1, 0.15) is 5.01 Å². The molecule has 1 aliphatic rings. The van der Waals surface area contributed by atoms with Crippen LogP contribution in [0.5, 0.6) is 0 Å². The fourth-order valence-electron chi connectivity index (χ4n) is 4.33. The van der Waals surface area contributed by atoms with Gasteiger partial charge in [0.2, 0.25) is 16.9 Å². The molecule has 2 aromatic carbocycles. The first-order chi connectivity index (χ1) is 16.6. The second kappa shape index (κ2) is 12.1. The minimum Gasteiger partial charge on any atom is -0.339 e. The van der Waals surface area contributed by atoms with Gasteiger partial charge in [-0.1, -0.05) is 84.7 Å². The molecule has 1 aromatic heterocycles. The first-order valence-corrected chi connectivity index (χ1v) is 13.0. The van der Waals surface area contributed by atoms with Crippen LogP contribution in [0.25, 0.3) is 10.6 Å². The maximum absolute atomic E-state index is 13.1. The lowest BCUT2D eigenvalue weighted by Crippen LogP contribution is -2.43. The van der Waals surface area contributed by atoms with Crippen LogP contribution in [-0.4, -0.2) is 39.5 Å². The van der Waals surface area contributed by atoms with Gasteiger partial charge < -0.3 is 10.2 Å². The molecule has 0 radical (unpaired) electrons. The lowest BCUT2D eigenvalue weighted by atomic mass is 9.93. The first-order valence-electron chi connectivity index (χ1n) is 11.8. The zero-order valence-electron chi connectivity index (χ0n) is 19.1. The van der Waals surface area contributed by atoms with E-state index in [9.17, 15) is 9.59 Å². The van der Waals surface area contributed by atoms with E-state index in [1.54, 1.807) is 12.1 Å². The highest BCUT2D eigenvalue weighted by Gasteiger charge is 2.25. The second-order valence-electron chi connectivity index (χ2n) is 8.58. The molecule has 2 amide bonds. The van der Waals surface area contributed by atoms with E-state index in [1.165, 1.54) is 17.8 Å². The smallest absolute Gasteiger partial charge is 0.227 e. The maximum Gasteiger partial charge on any atom is 0.227 e. The number of nitrogens with one attached hydrogen (secondary N) is 1. The number of nitrogens with zero attached hydrogens (tertiary/aromatic N) is 3. The lowest BCUT2D eigenvalue weighted by Gasteiger charge is -2.34. The summed E-state index contributed by atoms with van der Waals surface area (Å²) < 4.78 is 0. The molecule has 1 saturated carbocycles. The van der Waals surface area contributed by atoms with Gasteiger partial charge >= 0.3 is 0 Å². The van der Waals surface area contributed by atoms with Gasteiger partial charge in [-0.25, -0.2) is 0 Å². The largest absolute Gasteiger partial charge is 0.339 e. The lowest BCUT2D eigenvalue weighted by molar-refractivity contribution is -0.134. The van der Waals surface area contributed by atoms with Crippen LogP contribution < -0.4 is 5.32 Å². The van der Waals surface area contributed by atoms with Gasteiger partial charge in [-0.2, -0.15) is 0 Å². The standard InChI is InChI=1S/C26H29ClN4O2S/c27-21-14-12-20(13-15-21)25-29-30-26(34-25)28-23(32)17-18-31(22-9-5-2-6-10-22)24(33)16-11-19-7-3-1-4-8-19/h1,3-4,7-8,12-15,22H,2,5-6,9-11,16-18H2,(H,28,30,32). The zero-order chi connectivity index (χ0) is 23.8. The fraction of sp³-hybridized carbons (Fsp3) is 0.385. The molecule has 34 heavy (non-hydrogen) atoms. The summed E-state index contributed by atoms with van der Waals surface area (Å²) in [6.07, 6.45) is 6.93. The number of aryl methyl sites for hydroxylation is 1. The molecule has 1 N–H and O–H groups in total. The van der Waals surface area contributed by atoms with Gasteiger partial charge in [0.05, 0.1) is 0 Å². The number of hydrogen-bond acceptors (Lipinski definition) is 5. The van der Waals surface area contributed by atoms with E-state index in [0.29, 0.717) is 34.5 Å². The quantitative estimate of drug-likeness (QED) is 0.395. The Balaban J connectivity index is 1.33. The highest BCUT2D eigenvalue weighted by Crippen LogP contribution is 2.28. The summed E-state index contributed by atoms with van der Waals surface area (Å²) in [4.78, 5) is 27.7. The first kappa shape index (κ1) is 24.4. The van der Waals surface area contributed by atoms with Crippen LogP contribution in [0, 0.1) is 0 Å². The van der Waals surface area contributed by atoms with Crippen molar-refractivity contribution in [2.45, 2.75) is 57.4 Å². The number of carbonyl (C=O) groups excluding carboxylic acids is 2. The van der Waals surface area contributed by atoms with Gasteiger partial charge in [0.25, 0.3) is 0 Å². The predicted octanol–water partition coefficient (Wildman–Crippen LogP) is 5.98. The number of halogens is 1. The minimum absolute atomic E-state index is 0.129. The summed E-state index contributed by atoms with van der Waals surface area (Å²) in [6, 6.07) is 17.6. The fourth-order valence-corrected chi connectivity index (χ4v) is 5.22. The molecule has 1 aliphatic carbocycles. The Bertz CT molecular complexity index is 1080. The van der Waals surface area contributed by atoms with Crippen molar-refractivity contribution < 1.29 is 9.59 Å². The highest BCUT2D eigenvalue weighted by molar-refractivity contribution is 7.18. The van der Waals surface area contributed by atoms with Crippen LogP contribution in [0.2, 0.25) is 5.02 Å². The third kappa shape index (κ3) is 6.87. The molecule has 0 unspecified atom stereocenters. The molecule has 1 fully saturated rings. The van der Waals surface area contributed by atoms with E-state index >= 15 is 0 Å². The van der Waals surface area contributed by atoms with Gasteiger partial charge in [-0.15, -0.1) is 10.2 Å². The molecule has 0 bridgehead atoms. The average Bonchev–Trinajstić information content (AvgIpc) is 3.33. The van der Waals surface area contributed by atoms with Gasteiger partial charge in [-0.3, -0.25) is 9.59 Å². The van der Waals surface area contributed by atoms with Gasteiger partial charge in [0, 0.05) is 36.0 Å². The second-order valence-corrected chi connectivity index (χ2v) is 10.00. The van der Waals surface area contributed by atoms with Crippen molar-refractivity contribution in [3.63, 3.8) is 0 Å². The molecular weight excluding hydrogens is 468 g/mol. The summed E-state index contributed by atoms with van der Waals surface area (Å²) in [5, 5.41) is 12.9. The number of rotatable bonds is 9. The van der Waals surface area contributed by atoms with Crippen molar-refractivity contribution in [3.8, 4) is 10.6 Å². The molecule has 3 aromatic rings. The maximum atomic E-state index is 13.1. The molecular formula is C26H29ClN4O2S. The van der Waals surface area contributed by atoms with Crippen molar-refractivity contribution in [3.05, 3.63) is 65.2 Å². The normalized spacial score (nSPS) is 14.0. The molecule has 6 nitrogen and oxygen atoms in total. The third-order valence-electron chi connectivity index (χ3n) is 6.15. The Labute approximate surface area is 209 Å².